The first-order chi connectivity index (χ1) is 12.3. The van der Waals surface area contributed by atoms with Crippen LogP contribution in [0, 0.1) is 0 Å². The van der Waals surface area contributed by atoms with Crippen LogP contribution in [0.1, 0.15) is 25.1 Å². The summed E-state index contributed by atoms with van der Waals surface area (Å²) in [6.45, 7) is 1.97. The van der Waals surface area contributed by atoms with Crippen molar-refractivity contribution in [2.24, 2.45) is 0 Å². The van der Waals surface area contributed by atoms with E-state index in [1.807, 2.05) is 36.0 Å². The number of thioether (sulfide) groups is 1. The van der Waals surface area contributed by atoms with Gasteiger partial charge >= 0.3 is 0 Å². The number of benzene rings is 1. The highest BCUT2D eigenvalue weighted by atomic mass is 35.5. The zero-order valence-electron chi connectivity index (χ0n) is 15.0. The summed E-state index contributed by atoms with van der Waals surface area (Å²) in [7, 11) is 0. The molecule has 148 valence electrons. The normalized spacial score (nSPS) is 18.6. The van der Waals surface area contributed by atoms with Crippen LogP contribution in [-0.2, 0) is 17.8 Å². The van der Waals surface area contributed by atoms with Gasteiger partial charge in [0.05, 0.1) is 0 Å². The predicted molar refractivity (Wildman–Crippen MR) is 115 cm³/mol. The van der Waals surface area contributed by atoms with E-state index in [-0.39, 0.29) is 36.8 Å². The number of anilines is 1. The zero-order valence-corrected chi connectivity index (χ0v) is 17.5. The van der Waals surface area contributed by atoms with Gasteiger partial charge in [-0.15, -0.1) is 35.0 Å². The van der Waals surface area contributed by atoms with Crippen LogP contribution < -0.4 is 10.6 Å². The molecule has 0 aliphatic carbocycles. The Kier molecular flexibility index (Phi) is 8.41. The Hall–Kier alpha value is -1.28. The molecule has 1 fully saturated rings. The van der Waals surface area contributed by atoms with Crippen LogP contribution in [0.15, 0.2) is 24.3 Å². The summed E-state index contributed by atoms with van der Waals surface area (Å²) < 4.78 is 2.21. The summed E-state index contributed by atoms with van der Waals surface area (Å²) in [5.74, 6) is 4.20. The average Bonchev–Trinajstić information content (AvgIpc) is 3.07. The molecule has 0 bridgehead atoms. The standard InChI is InChI=1S/C18H23N5OS.2ClH/c24-17(11-15-12-25-10-8-19-15)20-14-6-4-13(5-7-14)18-22-21-16-3-1-2-9-23(16)18;;/h4-7,15,19H,1-3,8-12H2,(H,20,24);2*1H. The predicted octanol–water partition coefficient (Wildman–Crippen LogP) is 3.16. The summed E-state index contributed by atoms with van der Waals surface area (Å²) in [6.07, 6.45) is 3.90. The molecular weight excluding hydrogens is 405 g/mol. The van der Waals surface area contributed by atoms with E-state index in [4.69, 9.17) is 0 Å². The Morgan fingerprint density at radius 3 is 2.78 bits per heavy atom. The van der Waals surface area contributed by atoms with Crippen molar-refractivity contribution in [2.75, 3.05) is 23.4 Å². The highest BCUT2D eigenvalue weighted by Gasteiger charge is 2.18. The third-order valence-corrected chi connectivity index (χ3v) is 5.85. The number of carbonyl (C=O) groups excluding carboxylic acids is 1. The number of amides is 1. The first-order valence-corrected chi connectivity index (χ1v) is 10.1. The molecule has 1 aromatic heterocycles. The molecule has 1 atom stereocenters. The first-order valence-electron chi connectivity index (χ1n) is 8.93. The smallest absolute Gasteiger partial charge is 0.225 e. The highest BCUT2D eigenvalue weighted by molar-refractivity contribution is 7.99. The Labute approximate surface area is 176 Å². The molecule has 2 aliphatic heterocycles. The molecule has 2 aromatic rings. The van der Waals surface area contributed by atoms with Crippen molar-refractivity contribution in [3.63, 3.8) is 0 Å². The Bertz CT molecular complexity index is 747. The summed E-state index contributed by atoms with van der Waals surface area (Å²) >= 11 is 1.91. The van der Waals surface area contributed by atoms with Crippen LogP contribution >= 0.6 is 36.6 Å². The fourth-order valence-corrected chi connectivity index (χ4v) is 4.36. The average molecular weight is 430 g/mol. The van der Waals surface area contributed by atoms with Gasteiger partial charge in [-0.05, 0) is 37.1 Å². The van der Waals surface area contributed by atoms with Gasteiger partial charge in [0, 0.05) is 54.7 Å². The van der Waals surface area contributed by atoms with Gasteiger partial charge in [0.15, 0.2) is 5.82 Å². The van der Waals surface area contributed by atoms with Gasteiger partial charge < -0.3 is 15.2 Å². The fourth-order valence-electron chi connectivity index (χ4n) is 3.41. The molecule has 0 saturated carbocycles. The van der Waals surface area contributed by atoms with Crippen molar-refractivity contribution >= 4 is 48.2 Å². The second kappa shape index (κ2) is 10.3. The molecule has 9 heteroatoms. The number of hydrogen-bond donors (Lipinski definition) is 2. The quantitative estimate of drug-likeness (QED) is 0.780. The molecule has 2 N–H and O–H groups in total. The van der Waals surface area contributed by atoms with E-state index in [1.165, 1.54) is 12.8 Å². The monoisotopic (exact) mass is 429 g/mol. The van der Waals surface area contributed by atoms with Gasteiger partial charge in [-0.1, -0.05) is 0 Å². The van der Waals surface area contributed by atoms with Crippen molar-refractivity contribution < 1.29 is 4.79 Å². The molecule has 1 aromatic carbocycles. The van der Waals surface area contributed by atoms with Gasteiger partial charge in [-0.25, -0.2) is 0 Å². The lowest BCUT2D eigenvalue weighted by Gasteiger charge is -2.22. The maximum absolute atomic E-state index is 12.2. The van der Waals surface area contributed by atoms with Crippen molar-refractivity contribution in [2.45, 2.75) is 38.3 Å². The summed E-state index contributed by atoms with van der Waals surface area (Å²) in [5.41, 5.74) is 1.87. The number of nitrogens with zero attached hydrogens (tertiary/aromatic N) is 3. The van der Waals surface area contributed by atoms with Crippen molar-refractivity contribution in [3.05, 3.63) is 30.1 Å². The minimum absolute atomic E-state index is 0. The zero-order chi connectivity index (χ0) is 17.1. The molecule has 1 saturated heterocycles. The second-order valence-electron chi connectivity index (χ2n) is 6.60. The van der Waals surface area contributed by atoms with Crippen molar-refractivity contribution in [1.29, 1.82) is 0 Å². The van der Waals surface area contributed by atoms with E-state index in [9.17, 15) is 4.79 Å². The van der Waals surface area contributed by atoms with Crippen LogP contribution in [0.2, 0.25) is 0 Å². The Balaban J connectivity index is 0.00000131. The lowest BCUT2D eigenvalue weighted by molar-refractivity contribution is -0.116. The van der Waals surface area contributed by atoms with E-state index in [0.29, 0.717) is 6.42 Å². The topological polar surface area (TPSA) is 71.8 Å². The fraction of sp³-hybridized carbons (Fsp3) is 0.500. The van der Waals surface area contributed by atoms with Crippen LogP contribution in [-0.4, -0.2) is 44.8 Å². The van der Waals surface area contributed by atoms with Gasteiger partial charge in [0.1, 0.15) is 5.82 Å². The molecule has 4 rings (SSSR count). The molecule has 1 unspecified atom stereocenters. The van der Waals surface area contributed by atoms with E-state index in [0.717, 1.165) is 53.9 Å². The molecule has 3 heterocycles. The van der Waals surface area contributed by atoms with Crippen LogP contribution in [0.4, 0.5) is 5.69 Å². The van der Waals surface area contributed by atoms with E-state index in [2.05, 4.69) is 25.4 Å². The number of rotatable bonds is 4. The lowest BCUT2D eigenvalue weighted by Crippen LogP contribution is -2.39. The van der Waals surface area contributed by atoms with E-state index < -0.39 is 0 Å². The molecule has 0 spiro atoms. The van der Waals surface area contributed by atoms with E-state index in [1.54, 1.807) is 0 Å². The third kappa shape index (κ3) is 5.38. The van der Waals surface area contributed by atoms with Crippen LogP contribution in [0.25, 0.3) is 11.4 Å². The number of fused-ring (bicyclic) bond motifs is 1. The molecule has 6 nitrogen and oxygen atoms in total. The molecule has 2 aliphatic rings. The van der Waals surface area contributed by atoms with Gasteiger partial charge in [0.25, 0.3) is 0 Å². The Morgan fingerprint density at radius 1 is 1.22 bits per heavy atom. The number of hydrogen-bond acceptors (Lipinski definition) is 5. The third-order valence-electron chi connectivity index (χ3n) is 4.72. The number of carbonyl (C=O) groups is 1. The SMILES string of the molecule is Cl.Cl.O=C(CC1CSCCN1)Nc1ccc(-c2nnc3n2CCCC3)cc1. The first kappa shape index (κ1) is 22.0. The molecule has 1 amide bonds. The number of halogens is 2. The van der Waals surface area contributed by atoms with Crippen LogP contribution in [0.5, 0.6) is 0 Å². The van der Waals surface area contributed by atoms with Crippen molar-refractivity contribution in [3.8, 4) is 11.4 Å². The van der Waals surface area contributed by atoms with Gasteiger partial charge in [-0.3, -0.25) is 4.79 Å². The summed E-state index contributed by atoms with van der Waals surface area (Å²) in [6, 6.07) is 8.19. The number of aryl methyl sites for hydroxylation is 1. The summed E-state index contributed by atoms with van der Waals surface area (Å²) in [4.78, 5) is 12.2. The minimum Gasteiger partial charge on any atom is -0.326 e. The number of nitrogens with one attached hydrogen (secondary N) is 2. The molecule has 0 radical (unpaired) electrons. The van der Waals surface area contributed by atoms with Crippen LogP contribution in [0.3, 0.4) is 0 Å². The molecular formula is C18H25Cl2N5OS. The Morgan fingerprint density at radius 2 is 2.04 bits per heavy atom. The lowest BCUT2D eigenvalue weighted by atomic mass is 10.1. The maximum Gasteiger partial charge on any atom is 0.225 e. The highest BCUT2D eigenvalue weighted by Crippen LogP contribution is 2.24. The maximum atomic E-state index is 12.2. The van der Waals surface area contributed by atoms with Gasteiger partial charge in [0.2, 0.25) is 5.91 Å². The summed E-state index contributed by atoms with van der Waals surface area (Å²) in [5, 5.41) is 15.0. The minimum atomic E-state index is 0. The number of aromatic nitrogens is 3. The van der Waals surface area contributed by atoms with Crippen molar-refractivity contribution in [1.82, 2.24) is 20.1 Å². The largest absolute Gasteiger partial charge is 0.326 e. The van der Waals surface area contributed by atoms with Gasteiger partial charge in [-0.2, -0.15) is 11.8 Å². The van der Waals surface area contributed by atoms with E-state index >= 15 is 0 Å². The molecule has 27 heavy (non-hydrogen) atoms. The second-order valence-corrected chi connectivity index (χ2v) is 7.75.